The Hall–Kier alpha value is -4.11. The third-order valence-electron chi connectivity index (χ3n) is 5.64. The van der Waals surface area contributed by atoms with Gasteiger partial charge in [0.2, 0.25) is 12.7 Å². The maximum absolute atomic E-state index is 12.6. The summed E-state index contributed by atoms with van der Waals surface area (Å²) in [5, 5.41) is 12.4. The lowest BCUT2D eigenvalue weighted by Gasteiger charge is -2.18. The number of ether oxygens (including phenoxy) is 2. The number of carbonyl (C=O) groups is 2. The number of benzene rings is 3. The quantitative estimate of drug-likeness (QED) is 0.315. The van der Waals surface area contributed by atoms with Crippen LogP contribution in [-0.2, 0) is 9.59 Å². The molecule has 4 aromatic rings. The van der Waals surface area contributed by atoms with Crippen molar-refractivity contribution >= 4 is 50.6 Å². The van der Waals surface area contributed by atoms with Crippen molar-refractivity contribution in [1.82, 2.24) is 9.55 Å². The molecule has 0 saturated carbocycles. The van der Waals surface area contributed by atoms with Crippen LogP contribution in [0, 0.1) is 0 Å². The van der Waals surface area contributed by atoms with Gasteiger partial charge in [0, 0.05) is 16.2 Å². The zero-order valence-electron chi connectivity index (χ0n) is 18.3. The molecule has 0 radical (unpaired) electrons. The number of anilines is 1. The molecule has 5 rings (SSSR count). The van der Waals surface area contributed by atoms with Crippen molar-refractivity contribution in [3.8, 4) is 11.5 Å². The minimum absolute atomic E-state index is 0.0980. The predicted molar refractivity (Wildman–Crippen MR) is 134 cm³/mol. The number of hydrogen-bond donors (Lipinski definition) is 2. The van der Waals surface area contributed by atoms with Crippen molar-refractivity contribution < 1.29 is 24.2 Å². The molecule has 0 spiro atoms. The van der Waals surface area contributed by atoms with Gasteiger partial charge >= 0.3 is 5.97 Å². The fraction of sp³-hybridized carbons (Fsp3) is 0.115. The number of amides is 1. The standard InChI is InChI=1S/C26H20BrN3O5/c27-19-12-24-23(34-15-35-24)10-17(19)6-9-25(31)29-18-7-8-20-22(11-18)30(14-28-20)21(13-26(32)33)16-4-2-1-3-5-16/h1-12,14,21H,13,15H2,(H,29,31)(H,32,33). The molecule has 2 heterocycles. The Balaban J connectivity index is 1.39. The molecular formula is C26H20BrN3O5. The summed E-state index contributed by atoms with van der Waals surface area (Å²) in [6.45, 7) is 0.173. The Morgan fingerprint density at radius 2 is 1.89 bits per heavy atom. The third-order valence-corrected chi connectivity index (χ3v) is 6.32. The number of hydrogen-bond acceptors (Lipinski definition) is 5. The zero-order valence-corrected chi connectivity index (χ0v) is 19.9. The predicted octanol–water partition coefficient (Wildman–Crippen LogP) is 5.24. The lowest BCUT2D eigenvalue weighted by atomic mass is 10.0. The molecule has 176 valence electrons. The topological polar surface area (TPSA) is 103 Å². The number of imidazole rings is 1. The molecule has 35 heavy (non-hydrogen) atoms. The van der Waals surface area contributed by atoms with Crippen LogP contribution >= 0.6 is 15.9 Å². The lowest BCUT2D eigenvalue weighted by Crippen LogP contribution is -2.14. The number of nitrogens with zero attached hydrogens (tertiary/aromatic N) is 2. The van der Waals surface area contributed by atoms with Crippen LogP contribution in [0.1, 0.15) is 23.6 Å². The summed E-state index contributed by atoms with van der Waals surface area (Å²) in [4.78, 5) is 28.6. The Labute approximate surface area is 208 Å². The van der Waals surface area contributed by atoms with E-state index in [4.69, 9.17) is 9.47 Å². The fourth-order valence-corrected chi connectivity index (χ4v) is 4.43. The van der Waals surface area contributed by atoms with Crippen LogP contribution in [0.25, 0.3) is 17.1 Å². The van der Waals surface area contributed by atoms with Gasteiger partial charge in [0.15, 0.2) is 11.5 Å². The number of carboxylic acids is 1. The summed E-state index contributed by atoms with van der Waals surface area (Å²) in [6, 6.07) is 17.9. The average Bonchev–Trinajstić information content (AvgIpc) is 3.47. The molecule has 0 aliphatic carbocycles. The molecule has 0 bridgehead atoms. The Bertz CT molecular complexity index is 1450. The van der Waals surface area contributed by atoms with Gasteiger partial charge in [-0.15, -0.1) is 0 Å². The van der Waals surface area contributed by atoms with E-state index in [0.717, 1.165) is 21.1 Å². The molecule has 1 aliphatic heterocycles. The van der Waals surface area contributed by atoms with Crippen molar-refractivity contribution in [2.75, 3.05) is 12.1 Å². The molecule has 0 saturated heterocycles. The van der Waals surface area contributed by atoms with E-state index in [-0.39, 0.29) is 19.1 Å². The fourth-order valence-electron chi connectivity index (χ4n) is 3.98. The number of halogens is 1. The van der Waals surface area contributed by atoms with E-state index in [1.165, 1.54) is 6.08 Å². The highest BCUT2D eigenvalue weighted by atomic mass is 79.9. The van der Waals surface area contributed by atoms with Crippen molar-refractivity contribution in [3.05, 3.63) is 88.7 Å². The summed E-state index contributed by atoms with van der Waals surface area (Å²) in [6.07, 6.45) is 4.65. The van der Waals surface area contributed by atoms with E-state index < -0.39 is 12.0 Å². The molecule has 2 N–H and O–H groups in total. The minimum atomic E-state index is -0.912. The summed E-state index contributed by atoms with van der Waals surface area (Å²) < 4.78 is 13.3. The van der Waals surface area contributed by atoms with Gasteiger partial charge in [-0.25, -0.2) is 4.98 Å². The van der Waals surface area contributed by atoms with Gasteiger partial charge in [-0.05, 0) is 47.5 Å². The molecule has 1 aliphatic rings. The van der Waals surface area contributed by atoms with Crippen LogP contribution < -0.4 is 14.8 Å². The number of nitrogens with one attached hydrogen (secondary N) is 1. The van der Waals surface area contributed by atoms with Crippen LogP contribution in [0.2, 0.25) is 0 Å². The molecule has 1 unspecified atom stereocenters. The maximum atomic E-state index is 12.6. The molecule has 9 heteroatoms. The average molecular weight is 534 g/mol. The number of fused-ring (bicyclic) bond motifs is 2. The Morgan fingerprint density at radius 1 is 1.11 bits per heavy atom. The van der Waals surface area contributed by atoms with Crippen LogP contribution in [0.4, 0.5) is 5.69 Å². The SMILES string of the molecule is O=C(O)CC(c1ccccc1)n1cnc2ccc(NC(=O)C=Cc3cc4c(cc3Br)OCO4)cc21. The van der Waals surface area contributed by atoms with E-state index in [1.807, 2.05) is 34.9 Å². The largest absolute Gasteiger partial charge is 0.481 e. The van der Waals surface area contributed by atoms with Crippen LogP contribution in [0.5, 0.6) is 11.5 Å². The first-order valence-electron chi connectivity index (χ1n) is 10.8. The van der Waals surface area contributed by atoms with Gasteiger partial charge in [-0.3, -0.25) is 9.59 Å². The van der Waals surface area contributed by atoms with E-state index in [2.05, 4.69) is 26.2 Å². The number of carbonyl (C=O) groups excluding carboxylic acids is 1. The molecular weight excluding hydrogens is 514 g/mol. The van der Waals surface area contributed by atoms with Gasteiger partial charge < -0.3 is 24.5 Å². The van der Waals surface area contributed by atoms with E-state index >= 15 is 0 Å². The van der Waals surface area contributed by atoms with Gasteiger partial charge in [0.1, 0.15) is 0 Å². The third kappa shape index (κ3) is 4.90. The summed E-state index contributed by atoms with van der Waals surface area (Å²) in [5.74, 6) is 0.0523. The second-order valence-corrected chi connectivity index (χ2v) is 8.78. The summed E-state index contributed by atoms with van der Waals surface area (Å²) in [5.41, 5.74) is 3.63. The second kappa shape index (κ2) is 9.63. The minimum Gasteiger partial charge on any atom is -0.481 e. The molecule has 3 aromatic carbocycles. The Kier molecular flexibility index (Phi) is 6.24. The summed E-state index contributed by atoms with van der Waals surface area (Å²) >= 11 is 3.48. The van der Waals surface area contributed by atoms with Crippen LogP contribution in [-0.4, -0.2) is 33.3 Å². The normalized spacial score (nSPS) is 13.3. The van der Waals surface area contributed by atoms with Gasteiger partial charge in [-0.2, -0.15) is 0 Å². The highest BCUT2D eigenvalue weighted by Crippen LogP contribution is 2.37. The monoisotopic (exact) mass is 533 g/mol. The second-order valence-electron chi connectivity index (χ2n) is 7.93. The number of carboxylic acid groups (broad SMARTS) is 1. The molecule has 1 amide bonds. The smallest absolute Gasteiger partial charge is 0.305 e. The maximum Gasteiger partial charge on any atom is 0.305 e. The zero-order chi connectivity index (χ0) is 24.4. The molecule has 0 fully saturated rings. The van der Waals surface area contributed by atoms with Gasteiger partial charge in [0.05, 0.1) is 29.8 Å². The van der Waals surface area contributed by atoms with E-state index in [1.54, 1.807) is 42.7 Å². The highest BCUT2D eigenvalue weighted by molar-refractivity contribution is 9.10. The number of rotatable bonds is 7. The highest BCUT2D eigenvalue weighted by Gasteiger charge is 2.20. The van der Waals surface area contributed by atoms with Crippen molar-refractivity contribution in [2.45, 2.75) is 12.5 Å². The summed E-state index contributed by atoms with van der Waals surface area (Å²) in [7, 11) is 0. The van der Waals surface area contributed by atoms with Crippen LogP contribution in [0.3, 0.4) is 0 Å². The first-order chi connectivity index (χ1) is 17.0. The van der Waals surface area contributed by atoms with E-state index in [0.29, 0.717) is 22.7 Å². The van der Waals surface area contributed by atoms with Gasteiger partial charge in [-0.1, -0.05) is 46.3 Å². The molecule has 1 atom stereocenters. The van der Waals surface area contributed by atoms with Crippen molar-refractivity contribution in [2.24, 2.45) is 0 Å². The first kappa shape index (κ1) is 22.7. The van der Waals surface area contributed by atoms with Crippen molar-refractivity contribution in [3.63, 3.8) is 0 Å². The first-order valence-corrected chi connectivity index (χ1v) is 11.6. The van der Waals surface area contributed by atoms with Crippen molar-refractivity contribution in [1.29, 1.82) is 0 Å². The van der Waals surface area contributed by atoms with Gasteiger partial charge in [0.25, 0.3) is 0 Å². The van der Waals surface area contributed by atoms with E-state index in [9.17, 15) is 14.7 Å². The molecule has 8 nitrogen and oxygen atoms in total. The number of aromatic nitrogens is 2. The Morgan fingerprint density at radius 3 is 2.66 bits per heavy atom. The number of aliphatic carboxylic acids is 1. The molecule has 1 aromatic heterocycles. The lowest BCUT2D eigenvalue weighted by molar-refractivity contribution is -0.137. The van der Waals surface area contributed by atoms with Crippen LogP contribution in [0.15, 0.2) is 77.5 Å².